The molecule has 0 aliphatic heterocycles. The van der Waals surface area contributed by atoms with E-state index in [0.717, 1.165) is 27.4 Å². The zero-order valence-corrected chi connectivity index (χ0v) is 11.8. The Morgan fingerprint density at radius 1 is 1.00 bits per heavy atom. The van der Waals surface area contributed by atoms with E-state index < -0.39 is 0 Å². The molecule has 0 aliphatic rings. The van der Waals surface area contributed by atoms with Crippen molar-refractivity contribution in [2.45, 2.75) is 22.6 Å². The predicted octanol–water partition coefficient (Wildman–Crippen LogP) is 4.15. The third-order valence-electron chi connectivity index (χ3n) is 2.91. The van der Waals surface area contributed by atoms with Crippen LogP contribution in [0.25, 0.3) is 0 Å². The summed E-state index contributed by atoms with van der Waals surface area (Å²) in [5, 5.41) is 0. The third kappa shape index (κ3) is 3.61. The lowest BCUT2D eigenvalue weighted by Crippen LogP contribution is -1.93. The normalized spacial score (nSPS) is 11.9. The van der Waals surface area contributed by atoms with E-state index in [0.29, 0.717) is 0 Å². The van der Waals surface area contributed by atoms with Gasteiger partial charge in [-0.2, -0.15) is 0 Å². The van der Waals surface area contributed by atoms with Gasteiger partial charge in [-0.25, -0.2) is 0 Å². The molecule has 2 nitrogen and oxygen atoms in total. The molecule has 0 saturated carbocycles. The third-order valence-corrected chi connectivity index (χ3v) is 3.92. The largest absolute Gasteiger partial charge is 0.497 e. The molecule has 0 fully saturated rings. The highest BCUT2D eigenvalue weighted by Gasteiger charge is 2.04. The van der Waals surface area contributed by atoms with Crippen LogP contribution in [0, 0.1) is 0 Å². The number of hydrogen-bond donors (Lipinski definition) is 0. The van der Waals surface area contributed by atoms with E-state index in [-0.39, 0.29) is 5.92 Å². The zero-order valence-electron chi connectivity index (χ0n) is 11.0. The van der Waals surface area contributed by atoms with Crippen molar-refractivity contribution >= 4 is 18.0 Å². The number of carbonyl (C=O) groups excluding carboxylic acids is 1. The molecule has 2 rings (SSSR count). The van der Waals surface area contributed by atoms with Gasteiger partial charge < -0.3 is 9.53 Å². The molecule has 2 aromatic rings. The van der Waals surface area contributed by atoms with Crippen LogP contribution < -0.4 is 4.74 Å². The summed E-state index contributed by atoms with van der Waals surface area (Å²) >= 11 is 1.69. The highest BCUT2D eigenvalue weighted by molar-refractivity contribution is 7.99. The number of aldehydes is 1. The molecule has 0 N–H and O–H groups in total. The lowest BCUT2D eigenvalue weighted by molar-refractivity contribution is -0.108. The summed E-state index contributed by atoms with van der Waals surface area (Å²) in [5.41, 5.74) is 1.05. The monoisotopic (exact) mass is 272 g/mol. The topological polar surface area (TPSA) is 26.3 Å². The second-order valence-corrected chi connectivity index (χ2v) is 5.42. The van der Waals surface area contributed by atoms with Crippen LogP contribution in [0.1, 0.15) is 18.4 Å². The minimum atomic E-state index is -0.0416. The van der Waals surface area contributed by atoms with E-state index in [2.05, 4.69) is 0 Å². The van der Waals surface area contributed by atoms with E-state index in [4.69, 9.17) is 4.74 Å². The summed E-state index contributed by atoms with van der Waals surface area (Å²) in [6.07, 6.45) is 0.964. The standard InChI is InChI=1S/C16H16O2S/c1-12(11-17)13-3-7-15(8-4-13)19-16-9-5-14(18-2)6-10-16/h3-12H,1-2H3. The summed E-state index contributed by atoms with van der Waals surface area (Å²) in [5.74, 6) is 0.819. The van der Waals surface area contributed by atoms with Crippen molar-refractivity contribution in [1.82, 2.24) is 0 Å². The molecule has 3 heteroatoms. The second kappa shape index (κ2) is 6.43. The molecular weight excluding hydrogens is 256 g/mol. The van der Waals surface area contributed by atoms with Crippen molar-refractivity contribution in [2.24, 2.45) is 0 Å². The Morgan fingerprint density at radius 2 is 1.53 bits per heavy atom. The first-order valence-corrected chi connectivity index (χ1v) is 6.91. The molecule has 0 heterocycles. The number of carbonyl (C=O) groups is 1. The molecule has 98 valence electrons. The van der Waals surface area contributed by atoms with Crippen molar-refractivity contribution in [2.75, 3.05) is 7.11 Å². The van der Waals surface area contributed by atoms with Gasteiger partial charge in [0.15, 0.2) is 0 Å². The van der Waals surface area contributed by atoms with Gasteiger partial charge in [0.05, 0.1) is 7.11 Å². The second-order valence-electron chi connectivity index (χ2n) is 4.27. The lowest BCUT2D eigenvalue weighted by Gasteiger charge is -2.06. The summed E-state index contributed by atoms with van der Waals surface area (Å²) in [6.45, 7) is 1.90. The molecule has 0 spiro atoms. The summed E-state index contributed by atoms with van der Waals surface area (Å²) in [7, 11) is 1.66. The fourth-order valence-electron chi connectivity index (χ4n) is 1.70. The van der Waals surface area contributed by atoms with Crippen LogP contribution >= 0.6 is 11.8 Å². The van der Waals surface area contributed by atoms with Crippen LogP contribution in [-0.4, -0.2) is 13.4 Å². The van der Waals surface area contributed by atoms with Crippen LogP contribution in [0.2, 0.25) is 0 Å². The molecule has 0 aromatic heterocycles. The van der Waals surface area contributed by atoms with Gasteiger partial charge in [0, 0.05) is 15.7 Å². The van der Waals surface area contributed by atoms with Crippen LogP contribution in [-0.2, 0) is 4.79 Å². The average Bonchev–Trinajstić information content (AvgIpc) is 2.48. The molecule has 0 saturated heterocycles. The van der Waals surface area contributed by atoms with Crippen molar-refractivity contribution in [1.29, 1.82) is 0 Å². The average molecular weight is 272 g/mol. The first-order valence-electron chi connectivity index (χ1n) is 6.10. The smallest absolute Gasteiger partial charge is 0.127 e. The van der Waals surface area contributed by atoms with Gasteiger partial charge >= 0.3 is 0 Å². The van der Waals surface area contributed by atoms with E-state index >= 15 is 0 Å². The fourth-order valence-corrected chi connectivity index (χ4v) is 2.51. The number of hydrogen-bond acceptors (Lipinski definition) is 3. The van der Waals surface area contributed by atoms with Crippen molar-refractivity contribution in [3.05, 3.63) is 54.1 Å². The summed E-state index contributed by atoms with van der Waals surface area (Å²) in [4.78, 5) is 13.0. The molecule has 1 unspecified atom stereocenters. The lowest BCUT2D eigenvalue weighted by atomic mass is 10.0. The van der Waals surface area contributed by atoms with Gasteiger partial charge in [0.25, 0.3) is 0 Å². The van der Waals surface area contributed by atoms with Crippen LogP contribution in [0.15, 0.2) is 58.3 Å². The van der Waals surface area contributed by atoms with Crippen LogP contribution in [0.3, 0.4) is 0 Å². The molecule has 2 aromatic carbocycles. The first kappa shape index (κ1) is 13.7. The van der Waals surface area contributed by atoms with Gasteiger partial charge in [-0.05, 0) is 42.0 Å². The van der Waals surface area contributed by atoms with Gasteiger partial charge in [0.1, 0.15) is 12.0 Å². The Morgan fingerprint density at radius 3 is 2.00 bits per heavy atom. The Hall–Kier alpha value is -1.74. The number of rotatable bonds is 5. The maximum atomic E-state index is 10.7. The molecule has 0 amide bonds. The van der Waals surface area contributed by atoms with E-state index in [9.17, 15) is 4.79 Å². The summed E-state index contributed by atoms with van der Waals surface area (Å²) < 4.78 is 5.13. The first-order chi connectivity index (χ1) is 9.22. The molecular formula is C16H16O2S. The molecule has 0 bridgehead atoms. The zero-order chi connectivity index (χ0) is 13.7. The molecule has 0 radical (unpaired) electrons. The highest BCUT2D eigenvalue weighted by Crippen LogP contribution is 2.29. The molecule has 0 aliphatic carbocycles. The maximum absolute atomic E-state index is 10.7. The SMILES string of the molecule is COc1ccc(Sc2ccc(C(C)C=O)cc2)cc1. The van der Waals surface area contributed by atoms with Gasteiger partial charge in [-0.1, -0.05) is 30.8 Å². The van der Waals surface area contributed by atoms with Crippen molar-refractivity contribution < 1.29 is 9.53 Å². The number of methoxy groups -OCH3 is 1. The quantitative estimate of drug-likeness (QED) is 0.765. The highest BCUT2D eigenvalue weighted by atomic mass is 32.2. The van der Waals surface area contributed by atoms with E-state index in [1.807, 2.05) is 55.5 Å². The summed E-state index contributed by atoms with van der Waals surface area (Å²) in [6, 6.07) is 16.1. The van der Waals surface area contributed by atoms with Gasteiger partial charge in [0.2, 0.25) is 0 Å². The van der Waals surface area contributed by atoms with E-state index in [1.54, 1.807) is 18.9 Å². The Balaban J connectivity index is 2.08. The van der Waals surface area contributed by atoms with Crippen molar-refractivity contribution in [3.8, 4) is 5.75 Å². The fraction of sp³-hybridized carbons (Fsp3) is 0.188. The van der Waals surface area contributed by atoms with Gasteiger partial charge in [-0.3, -0.25) is 0 Å². The molecule has 19 heavy (non-hydrogen) atoms. The van der Waals surface area contributed by atoms with Crippen molar-refractivity contribution in [3.63, 3.8) is 0 Å². The van der Waals surface area contributed by atoms with Crippen LogP contribution in [0.5, 0.6) is 5.75 Å². The molecule has 1 atom stereocenters. The Kier molecular flexibility index (Phi) is 4.63. The minimum absolute atomic E-state index is 0.0416. The van der Waals surface area contributed by atoms with Crippen LogP contribution in [0.4, 0.5) is 0 Å². The minimum Gasteiger partial charge on any atom is -0.497 e. The van der Waals surface area contributed by atoms with E-state index in [1.165, 1.54) is 0 Å². The van der Waals surface area contributed by atoms with Gasteiger partial charge in [-0.15, -0.1) is 0 Å². The Bertz CT molecular complexity index is 532. The number of ether oxygens (including phenoxy) is 1. The number of benzene rings is 2. The predicted molar refractivity (Wildman–Crippen MR) is 78.0 cm³/mol. The Labute approximate surface area is 117 Å². The maximum Gasteiger partial charge on any atom is 0.127 e.